The predicted molar refractivity (Wildman–Crippen MR) is 106 cm³/mol. The van der Waals surface area contributed by atoms with Gasteiger partial charge >= 0.3 is 12.3 Å². The molecular formula is C20H27F3N6O2. The zero-order chi connectivity index (χ0) is 22.8. The molecule has 11 heteroatoms. The van der Waals surface area contributed by atoms with Gasteiger partial charge in [-0.05, 0) is 48.4 Å². The van der Waals surface area contributed by atoms with Gasteiger partial charge in [0.05, 0.1) is 29.9 Å². The predicted octanol–water partition coefficient (Wildman–Crippen LogP) is 3.37. The smallest absolute Gasteiger partial charge is 0.416 e. The van der Waals surface area contributed by atoms with Gasteiger partial charge in [-0.15, -0.1) is 5.10 Å². The zero-order valence-electron chi connectivity index (χ0n) is 18.1. The second kappa shape index (κ2) is 8.81. The molecule has 2 aromatic rings. The van der Waals surface area contributed by atoms with E-state index >= 15 is 0 Å². The molecule has 0 unspecified atom stereocenters. The molecule has 0 radical (unpaired) electrons. The summed E-state index contributed by atoms with van der Waals surface area (Å²) in [6, 6.07) is 4.89. The van der Waals surface area contributed by atoms with Gasteiger partial charge in [-0.2, -0.15) is 17.9 Å². The lowest BCUT2D eigenvalue weighted by Gasteiger charge is -2.46. The van der Waals surface area contributed by atoms with Crippen molar-refractivity contribution < 1.29 is 22.7 Å². The molecule has 1 saturated heterocycles. The quantitative estimate of drug-likeness (QED) is 0.710. The summed E-state index contributed by atoms with van der Waals surface area (Å²) < 4.78 is 45.9. The van der Waals surface area contributed by atoms with Crippen molar-refractivity contribution in [3.05, 3.63) is 35.7 Å². The van der Waals surface area contributed by atoms with Crippen LogP contribution in [0, 0.1) is 5.92 Å². The van der Waals surface area contributed by atoms with Crippen LogP contribution in [-0.4, -0.2) is 67.9 Å². The molecule has 0 atom stereocenters. The Hall–Kier alpha value is -2.69. The minimum absolute atomic E-state index is 0.241. The van der Waals surface area contributed by atoms with Gasteiger partial charge in [0.25, 0.3) is 0 Å². The number of hydrogen-bond donors (Lipinski definition) is 0. The number of carbonyl (C=O) groups excluding carboxylic acids is 1. The van der Waals surface area contributed by atoms with Crippen LogP contribution in [0.15, 0.2) is 24.3 Å². The van der Waals surface area contributed by atoms with E-state index in [0.29, 0.717) is 38.6 Å². The topological polar surface area (TPSA) is 76.4 Å². The third kappa shape index (κ3) is 5.52. The highest BCUT2D eigenvalue weighted by Crippen LogP contribution is 2.30. The minimum atomic E-state index is -4.45. The van der Waals surface area contributed by atoms with Gasteiger partial charge in [-0.25, -0.2) is 4.79 Å². The molecule has 31 heavy (non-hydrogen) atoms. The largest absolute Gasteiger partial charge is 0.449 e. The van der Waals surface area contributed by atoms with Crippen LogP contribution >= 0.6 is 0 Å². The number of hydrogen-bond acceptors (Lipinski definition) is 6. The number of tetrazole rings is 1. The van der Waals surface area contributed by atoms with Crippen LogP contribution in [0.25, 0.3) is 5.69 Å². The minimum Gasteiger partial charge on any atom is -0.449 e. The number of amides is 1. The summed E-state index contributed by atoms with van der Waals surface area (Å²) in [4.78, 5) is 16.2. The highest BCUT2D eigenvalue weighted by molar-refractivity contribution is 5.68. The number of nitrogens with zero attached hydrogens (tertiary/aromatic N) is 6. The molecule has 0 spiro atoms. The molecule has 1 aromatic heterocycles. The standard InChI is InChI=1S/C20H27F3N6O2/c1-14(2)12-31-18(30)28-9-8-27(13-19(28,3)4)11-17-24-25-26-29(17)16-7-5-6-15(10-16)20(21,22)23/h5-7,10,14H,8-9,11-13H2,1-4H3. The Morgan fingerprint density at radius 1 is 1.26 bits per heavy atom. The lowest BCUT2D eigenvalue weighted by Crippen LogP contribution is -2.61. The number of rotatable bonds is 5. The first-order valence-corrected chi connectivity index (χ1v) is 10.1. The molecule has 1 aliphatic rings. The van der Waals surface area contributed by atoms with Gasteiger partial charge in [0.15, 0.2) is 5.82 Å². The summed E-state index contributed by atoms with van der Waals surface area (Å²) in [6.45, 7) is 10.1. The summed E-state index contributed by atoms with van der Waals surface area (Å²) >= 11 is 0. The second-order valence-electron chi connectivity index (χ2n) is 8.70. The Kier molecular flexibility index (Phi) is 6.54. The normalized spacial score (nSPS) is 17.2. The third-order valence-electron chi connectivity index (χ3n) is 5.06. The maximum Gasteiger partial charge on any atom is 0.416 e. The highest BCUT2D eigenvalue weighted by atomic mass is 19.4. The van der Waals surface area contributed by atoms with Crippen molar-refractivity contribution >= 4 is 6.09 Å². The maximum atomic E-state index is 13.1. The number of carbonyl (C=O) groups is 1. The first kappa shape index (κ1) is 23.0. The van der Waals surface area contributed by atoms with E-state index in [1.807, 2.05) is 27.7 Å². The summed E-state index contributed by atoms with van der Waals surface area (Å²) in [6.07, 6.45) is -4.79. The Morgan fingerprint density at radius 2 is 2.00 bits per heavy atom. The van der Waals surface area contributed by atoms with Crippen molar-refractivity contribution in [2.75, 3.05) is 26.2 Å². The Labute approximate surface area is 179 Å². The molecule has 0 saturated carbocycles. The van der Waals surface area contributed by atoms with Crippen LogP contribution < -0.4 is 0 Å². The van der Waals surface area contributed by atoms with Crippen LogP contribution in [-0.2, 0) is 17.5 Å². The molecule has 1 fully saturated rings. The van der Waals surface area contributed by atoms with Crippen molar-refractivity contribution in [1.82, 2.24) is 30.0 Å². The van der Waals surface area contributed by atoms with Crippen LogP contribution in [0.4, 0.5) is 18.0 Å². The number of ether oxygens (including phenoxy) is 1. The molecule has 2 heterocycles. The van der Waals surface area contributed by atoms with Crippen LogP contribution in [0.1, 0.15) is 39.1 Å². The summed E-state index contributed by atoms with van der Waals surface area (Å²) in [5, 5.41) is 11.5. The Bertz CT molecular complexity index is 912. The first-order valence-electron chi connectivity index (χ1n) is 10.1. The number of aromatic nitrogens is 4. The summed E-state index contributed by atoms with van der Waals surface area (Å²) in [7, 11) is 0. The average Bonchev–Trinajstić information content (AvgIpc) is 3.13. The molecule has 0 bridgehead atoms. The number of alkyl halides is 3. The fourth-order valence-corrected chi connectivity index (χ4v) is 3.56. The maximum absolute atomic E-state index is 13.1. The monoisotopic (exact) mass is 440 g/mol. The average molecular weight is 440 g/mol. The zero-order valence-corrected chi connectivity index (χ0v) is 18.1. The number of piperazine rings is 1. The van der Waals surface area contributed by atoms with Gasteiger partial charge in [-0.1, -0.05) is 19.9 Å². The van der Waals surface area contributed by atoms with Crippen molar-refractivity contribution in [2.24, 2.45) is 5.92 Å². The molecule has 1 aliphatic heterocycles. The van der Waals surface area contributed by atoms with Crippen LogP contribution in [0.2, 0.25) is 0 Å². The molecule has 8 nitrogen and oxygen atoms in total. The van der Waals surface area contributed by atoms with E-state index in [1.54, 1.807) is 4.90 Å². The summed E-state index contributed by atoms with van der Waals surface area (Å²) in [5.41, 5.74) is -1.01. The number of benzene rings is 1. The second-order valence-corrected chi connectivity index (χ2v) is 8.70. The third-order valence-corrected chi connectivity index (χ3v) is 5.06. The van der Waals surface area contributed by atoms with E-state index in [0.717, 1.165) is 12.1 Å². The van der Waals surface area contributed by atoms with Crippen molar-refractivity contribution in [3.8, 4) is 5.69 Å². The van der Waals surface area contributed by atoms with E-state index in [2.05, 4.69) is 20.4 Å². The molecule has 3 rings (SSSR count). The molecule has 1 aromatic carbocycles. The van der Waals surface area contributed by atoms with Gasteiger partial charge in [0.1, 0.15) is 0 Å². The number of halogens is 3. The lowest BCUT2D eigenvalue weighted by molar-refractivity contribution is -0.137. The van der Waals surface area contributed by atoms with Gasteiger partial charge < -0.3 is 9.64 Å². The van der Waals surface area contributed by atoms with Crippen LogP contribution in [0.5, 0.6) is 0 Å². The van der Waals surface area contributed by atoms with E-state index in [9.17, 15) is 18.0 Å². The van der Waals surface area contributed by atoms with E-state index in [-0.39, 0.29) is 17.7 Å². The Morgan fingerprint density at radius 3 is 2.65 bits per heavy atom. The fourth-order valence-electron chi connectivity index (χ4n) is 3.56. The molecule has 0 aliphatic carbocycles. The molecular weight excluding hydrogens is 413 g/mol. The molecule has 0 N–H and O–H groups in total. The van der Waals surface area contributed by atoms with Crippen molar-refractivity contribution in [1.29, 1.82) is 0 Å². The van der Waals surface area contributed by atoms with Crippen molar-refractivity contribution in [2.45, 2.75) is 46.0 Å². The van der Waals surface area contributed by atoms with Gasteiger partial charge in [0.2, 0.25) is 0 Å². The first-order chi connectivity index (χ1) is 14.5. The molecule has 170 valence electrons. The van der Waals surface area contributed by atoms with E-state index < -0.39 is 17.3 Å². The van der Waals surface area contributed by atoms with Gasteiger partial charge in [0, 0.05) is 19.6 Å². The SMILES string of the molecule is CC(C)COC(=O)N1CCN(Cc2nnnn2-c2cccc(C(F)(F)F)c2)CC1(C)C. The Balaban J connectivity index is 1.71. The van der Waals surface area contributed by atoms with E-state index in [1.165, 1.54) is 16.8 Å². The van der Waals surface area contributed by atoms with Gasteiger partial charge in [-0.3, -0.25) is 4.90 Å². The highest BCUT2D eigenvalue weighted by Gasteiger charge is 2.38. The fraction of sp³-hybridized carbons (Fsp3) is 0.600. The van der Waals surface area contributed by atoms with Crippen LogP contribution in [0.3, 0.4) is 0 Å². The van der Waals surface area contributed by atoms with Crippen molar-refractivity contribution in [3.63, 3.8) is 0 Å². The van der Waals surface area contributed by atoms with E-state index in [4.69, 9.17) is 4.74 Å². The lowest BCUT2D eigenvalue weighted by atomic mass is 9.99. The summed E-state index contributed by atoms with van der Waals surface area (Å²) in [5.74, 6) is 0.675. The molecule has 1 amide bonds.